The van der Waals surface area contributed by atoms with E-state index in [1.807, 2.05) is 24.3 Å². The molecular weight excluding hydrogens is 503 g/mol. The van der Waals surface area contributed by atoms with Crippen LogP contribution >= 0.6 is 34.8 Å². The quantitative estimate of drug-likeness (QED) is 0.340. The summed E-state index contributed by atoms with van der Waals surface area (Å²) in [6.07, 6.45) is 6.59. The minimum absolute atomic E-state index is 0.00300. The lowest BCUT2D eigenvalue weighted by molar-refractivity contribution is -0.220. The van der Waals surface area contributed by atoms with E-state index in [0.717, 1.165) is 22.8 Å². The normalized spacial score (nSPS) is 24.0. The summed E-state index contributed by atoms with van der Waals surface area (Å²) < 4.78 is 23.5. The van der Waals surface area contributed by atoms with E-state index in [4.69, 9.17) is 58.9 Å². The monoisotopic (exact) mass is 522 g/mol. The molecule has 1 aliphatic heterocycles. The zero-order valence-electron chi connectivity index (χ0n) is 18.1. The number of carboxylic acid groups (broad SMARTS) is 1. The Kier molecular flexibility index (Phi) is 7.38. The van der Waals surface area contributed by atoms with Crippen LogP contribution in [-0.2, 0) is 36.8 Å². The predicted molar refractivity (Wildman–Crippen MR) is 130 cm³/mol. The van der Waals surface area contributed by atoms with Gasteiger partial charge >= 0.3 is 5.97 Å². The summed E-state index contributed by atoms with van der Waals surface area (Å²) in [5, 5.41) is 8.37. The van der Waals surface area contributed by atoms with Crippen molar-refractivity contribution in [3.05, 3.63) is 98.8 Å². The Morgan fingerprint density at radius 3 is 2.59 bits per heavy atom. The van der Waals surface area contributed by atoms with Crippen molar-refractivity contribution in [3.8, 4) is 0 Å². The van der Waals surface area contributed by atoms with Gasteiger partial charge in [0.15, 0.2) is 12.6 Å². The molecule has 1 heterocycles. The predicted octanol–water partition coefficient (Wildman–Crippen LogP) is 5.96. The number of ether oxygens (including phenoxy) is 4. The van der Waals surface area contributed by atoms with Gasteiger partial charge in [-0.2, -0.15) is 0 Å². The number of methoxy groups -OCH3 is 1. The first kappa shape index (κ1) is 24.8. The van der Waals surface area contributed by atoms with E-state index in [0.29, 0.717) is 27.8 Å². The third-order valence-electron chi connectivity index (χ3n) is 5.55. The molecule has 0 bridgehead atoms. The molecule has 1 fully saturated rings. The van der Waals surface area contributed by atoms with Crippen LogP contribution in [0.15, 0.2) is 72.0 Å². The van der Waals surface area contributed by atoms with Gasteiger partial charge in [-0.15, -0.1) is 0 Å². The van der Waals surface area contributed by atoms with E-state index < -0.39 is 16.8 Å². The van der Waals surface area contributed by atoms with Crippen LogP contribution in [0.3, 0.4) is 0 Å². The van der Waals surface area contributed by atoms with Crippen LogP contribution in [0.4, 0.5) is 0 Å². The summed E-state index contributed by atoms with van der Waals surface area (Å²) in [4.78, 5) is 11.0. The summed E-state index contributed by atoms with van der Waals surface area (Å²) >= 11 is 19.5. The lowest BCUT2D eigenvalue weighted by Crippen LogP contribution is -2.52. The number of benzene rings is 2. The van der Waals surface area contributed by atoms with Gasteiger partial charge in [-0.1, -0.05) is 65.1 Å². The van der Waals surface area contributed by atoms with Gasteiger partial charge in [-0.05, 0) is 53.5 Å². The molecule has 1 saturated heterocycles. The van der Waals surface area contributed by atoms with Crippen molar-refractivity contribution in [2.24, 2.45) is 0 Å². The van der Waals surface area contributed by atoms with Gasteiger partial charge in [-0.3, -0.25) is 0 Å². The van der Waals surface area contributed by atoms with E-state index >= 15 is 0 Å². The molecule has 2 aromatic rings. The molecule has 2 aromatic carbocycles. The second-order valence-electron chi connectivity index (χ2n) is 7.64. The molecule has 9 heteroatoms. The van der Waals surface area contributed by atoms with Gasteiger partial charge in [0.05, 0.1) is 13.7 Å². The van der Waals surface area contributed by atoms with Crippen molar-refractivity contribution in [1.29, 1.82) is 0 Å². The molecule has 4 rings (SSSR count). The fourth-order valence-corrected chi connectivity index (χ4v) is 4.79. The van der Waals surface area contributed by atoms with Crippen molar-refractivity contribution < 1.29 is 28.8 Å². The zero-order valence-corrected chi connectivity index (χ0v) is 20.4. The molecular formula is C25H21Cl3O6. The van der Waals surface area contributed by atoms with Crippen LogP contribution in [0.25, 0.3) is 6.08 Å². The van der Waals surface area contributed by atoms with Crippen molar-refractivity contribution in [3.63, 3.8) is 0 Å². The Morgan fingerprint density at radius 2 is 1.88 bits per heavy atom. The number of carboxylic acids is 1. The van der Waals surface area contributed by atoms with Crippen LogP contribution in [0.5, 0.6) is 0 Å². The highest BCUT2D eigenvalue weighted by atomic mass is 35.5. The molecule has 0 saturated carbocycles. The minimum atomic E-state index is -1.56. The zero-order chi connectivity index (χ0) is 24.3. The Balaban J connectivity index is 1.65. The van der Waals surface area contributed by atoms with Gasteiger partial charge in [0, 0.05) is 21.7 Å². The molecule has 0 spiro atoms. The number of hydrogen-bond acceptors (Lipinski definition) is 5. The van der Waals surface area contributed by atoms with Crippen molar-refractivity contribution in [1.82, 2.24) is 0 Å². The van der Waals surface area contributed by atoms with E-state index in [-0.39, 0.29) is 13.4 Å². The van der Waals surface area contributed by atoms with Crippen molar-refractivity contribution in [2.45, 2.75) is 23.9 Å². The first-order valence-corrected chi connectivity index (χ1v) is 11.4. The molecule has 0 aromatic heterocycles. The van der Waals surface area contributed by atoms with Crippen LogP contribution < -0.4 is 0 Å². The van der Waals surface area contributed by atoms with Gasteiger partial charge in [0.25, 0.3) is 5.79 Å². The average Bonchev–Trinajstić information content (AvgIpc) is 3.14. The molecule has 0 amide bonds. The van der Waals surface area contributed by atoms with E-state index in [1.165, 1.54) is 7.11 Å². The van der Waals surface area contributed by atoms with Crippen molar-refractivity contribution >= 4 is 46.8 Å². The van der Waals surface area contributed by atoms with Crippen LogP contribution in [0.1, 0.15) is 16.7 Å². The third-order valence-corrected chi connectivity index (χ3v) is 6.72. The lowest BCUT2D eigenvalue weighted by atomic mass is 9.91. The maximum Gasteiger partial charge on any atom is 0.328 e. The van der Waals surface area contributed by atoms with Gasteiger partial charge < -0.3 is 24.1 Å². The smallest absolute Gasteiger partial charge is 0.328 e. The minimum Gasteiger partial charge on any atom is -0.495 e. The highest BCUT2D eigenvalue weighted by molar-refractivity contribution is 6.36. The molecule has 178 valence electrons. The second kappa shape index (κ2) is 10.1. The Morgan fingerprint density at radius 1 is 1.15 bits per heavy atom. The molecule has 1 aliphatic carbocycles. The number of fused-ring (bicyclic) bond motifs is 1. The lowest BCUT2D eigenvalue weighted by Gasteiger charge is -2.40. The maximum atomic E-state index is 11.0. The highest BCUT2D eigenvalue weighted by Crippen LogP contribution is 2.50. The Labute approximate surface area is 211 Å². The Hall–Kier alpha value is -2.32. The molecule has 2 unspecified atom stereocenters. The summed E-state index contributed by atoms with van der Waals surface area (Å²) in [7, 11) is 1.49. The maximum absolute atomic E-state index is 11.0. The number of rotatable bonds is 8. The van der Waals surface area contributed by atoms with Crippen LogP contribution in [-0.4, -0.2) is 35.8 Å². The van der Waals surface area contributed by atoms with Gasteiger partial charge in [0.1, 0.15) is 0 Å². The molecule has 2 atom stereocenters. The topological polar surface area (TPSA) is 74.2 Å². The summed E-state index contributed by atoms with van der Waals surface area (Å²) in [5.74, 6) is -2.26. The fraction of sp³-hybridized carbons (Fsp3) is 0.240. The van der Waals surface area contributed by atoms with Crippen LogP contribution in [0, 0.1) is 0 Å². The molecule has 34 heavy (non-hydrogen) atoms. The number of hydrogen-bond donors (Lipinski definition) is 1. The first-order chi connectivity index (χ1) is 16.3. The van der Waals surface area contributed by atoms with Gasteiger partial charge in [-0.25, -0.2) is 4.79 Å². The van der Waals surface area contributed by atoms with E-state index in [1.54, 1.807) is 36.4 Å². The van der Waals surface area contributed by atoms with Gasteiger partial charge in [0.2, 0.25) is 5.06 Å². The summed E-state index contributed by atoms with van der Waals surface area (Å²) in [5.41, 5.74) is 3.03. The van der Waals surface area contributed by atoms with Crippen molar-refractivity contribution in [2.75, 3.05) is 13.9 Å². The first-order valence-electron chi connectivity index (χ1n) is 10.3. The summed E-state index contributed by atoms with van der Waals surface area (Å²) in [6.45, 7) is -0.120. The molecule has 6 nitrogen and oxygen atoms in total. The number of carbonyl (C=O) groups is 1. The SMILES string of the molecule is COC1=CC(Cc2ccccc2C=CC(=O)O)=CC2(Cl)OCOC12OCc1c(Cl)cccc1Cl. The standard InChI is InChI=1S/C25H21Cl3O6/c1-31-22-12-16(11-18-6-3-2-5-17(18)9-10-23(29)30)13-24(28)25(22,34-15-33-24)32-14-19-20(26)7-4-8-21(19)27/h2-10,12-13H,11,14-15H2,1H3,(H,29,30). The second-order valence-corrected chi connectivity index (χ2v) is 9.01. The highest BCUT2D eigenvalue weighted by Gasteiger charge is 2.63. The third kappa shape index (κ3) is 4.75. The van der Waals surface area contributed by atoms with E-state index in [9.17, 15) is 4.79 Å². The summed E-state index contributed by atoms with van der Waals surface area (Å²) in [6, 6.07) is 12.6. The fourth-order valence-electron chi connectivity index (χ4n) is 3.90. The average molecular weight is 524 g/mol. The van der Waals surface area contributed by atoms with Crippen LogP contribution in [0.2, 0.25) is 10.0 Å². The number of halogens is 3. The van der Waals surface area contributed by atoms with E-state index in [2.05, 4.69) is 0 Å². The molecule has 2 aliphatic rings. The number of allylic oxidation sites excluding steroid dienone is 2. The molecule has 1 N–H and O–H groups in total. The Bertz CT molecular complexity index is 1170. The number of alkyl halides is 1. The molecule has 0 radical (unpaired) electrons. The number of aliphatic carboxylic acids is 1. The largest absolute Gasteiger partial charge is 0.495 e.